The van der Waals surface area contributed by atoms with Crippen LogP contribution in [0.25, 0.3) is 0 Å². The Bertz CT molecular complexity index is 1720. The highest BCUT2D eigenvalue weighted by molar-refractivity contribution is 7.98. The summed E-state index contributed by atoms with van der Waals surface area (Å²) in [4.78, 5) is 18.5. The minimum Gasteiger partial charge on any atom is -0.489 e. The molecule has 0 saturated heterocycles. The molecule has 42 heavy (non-hydrogen) atoms. The number of para-hydroxylation sites is 1. The number of aromatic nitrogens is 3. The SMILES string of the molecule is CC1=C(C(=O)Nc2ccccc2)C(c2ccc(OCc3ccccc3)cc2)n2nc(SCc3ccccc3Cl)nc2N1. The molecule has 1 aliphatic rings. The van der Waals surface area contributed by atoms with Crippen LogP contribution in [-0.2, 0) is 17.2 Å². The molecule has 0 saturated carbocycles. The van der Waals surface area contributed by atoms with Crippen molar-refractivity contribution in [3.8, 4) is 5.75 Å². The van der Waals surface area contributed by atoms with Crippen molar-refractivity contribution in [2.75, 3.05) is 10.6 Å². The zero-order valence-electron chi connectivity index (χ0n) is 22.8. The van der Waals surface area contributed by atoms with Crippen molar-refractivity contribution in [2.24, 2.45) is 0 Å². The summed E-state index contributed by atoms with van der Waals surface area (Å²) in [6.07, 6.45) is 0. The first-order valence-electron chi connectivity index (χ1n) is 13.5. The number of hydrogen-bond acceptors (Lipinski definition) is 6. The van der Waals surface area contributed by atoms with Crippen LogP contribution >= 0.6 is 23.4 Å². The third-order valence-corrected chi connectivity index (χ3v) is 8.12. The normalized spacial score (nSPS) is 14.2. The molecule has 1 atom stereocenters. The highest BCUT2D eigenvalue weighted by atomic mass is 35.5. The Morgan fingerprint density at radius 1 is 0.952 bits per heavy atom. The van der Waals surface area contributed by atoms with Crippen LogP contribution < -0.4 is 15.4 Å². The Hall–Kier alpha value is -4.53. The van der Waals surface area contributed by atoms with E-state index in [0.29, 0.717) is 45.4 Å². The number of halogens is 1. The van der Waals surface area contributed by atoms with Crippen LogP contribution in [0.15, 0.2) is 126 Å². The monoisotopic (exact) mass is 593 g/mol. The lowest BCUT2D eigenvalue weighted by molar-refractivity contribution is -0.113. The highest BCUT2D eigenvalue weighted by Crippen LogP contribution is 2.38. The Morgan fingerprint density at radius 2 is 1.64 bits per heavy atom. The van der Waals surface area contributed by atoms with Crippen molar-refractivity contribution in [3.05, 3.63) is 142 Å². The molecular formula is C33H28ClN5O2S. The molecule has 7 nitrogen and oxygen atoms in total. The van der Waals surface area contributed by atoms with Gasteiger partial charge in [0.25, 0.3) is 5.91 Å². The standard InChI is InChI=1S/C33H28ClN5O2S/c1-22-29(31(40)36-26-13-6-3-7-14-26)30(24-16-18-27(19-17-24)41-20-23-10-4-2-5-11-23)39-32(35-22)37-33(38-39)42-21-25-12-8-9-15-28(25)34/h2-19,30H,20-21H2,1H3,(H,36,40)(H,35,37,38). The fourth-order valence-corrected chi connectivity index (χ4v) is 5.87. The van der Waals surface area contributed by atoms with Crippen LogP contribution in [-0.4, -0.2) is 20.7 Å². The number of rotatable bonds is 9. The lowest BCUT2D eigenvalue weighted by Gasteiger charge is -2.28. The number of fused-ring (bicyclic) bond motifs is 1. The van der Waals surface area contributed by atoms with Gasteiger partial charge in [0.1, 0.15) is 18.4 Å². The molecule has 0 bridgehead atoms. The van der Waals surface area contributed by atoms with E-state index in [0.717, 1.165) is 22.4 Å². The molecule has 5 aromatic rings. The van der Waals surface area contributed by atoms with Crippen LogP contribution in [0.5, 0.6) is 5.75 Å². The third-order valence-electron chi connectivity index (χ3n) is 6.87. The summed E-state index contributed by atoms with van der Waals surface area (Å²) in [7, 11) is 0. The molecule has 6 rings (SSSR count). The number of anilines is 2. The van der Waals surface area contributed by atoms with Crippen LogP contribution in [0.3, 0.4) is 0 Å². The summed E-state index contributed by atoms with van der Waals surface area (Å²) in [6.45, 7) is 2.36. The first-order valence-corrected chi connectivity index (χ1v) is 14.8. The second-order valence-electron chi connectivity index (χ2n) is 9.77. The fourth-order valence-electron chi connectivity index (χ4n) is 4.76. The van der Waals surface area contributed by atoms with E-state index in [4.69, 9.17) is 26.4 Å². The lowest BCUT2D eigenvalue weighted by atomic mass is 9.95. The summed E-state index contributed by atoms with van der Waals surface area (Å²) in [5, 5.41) is 12.5. The van der Waals surface area contributed by atoms with Crippen LogP contribution in [0.2, 0.25) is 5.02 Å². The Balaban J connectivity index is 1.30. The number of carbonyl (C=O) groups is 1. The minimum absolute atomic E-state index is 0.216. The molecule has 1 aromatic heterocycles. The van der Waals surface area contributed by atoms with Gasteiger partial charge in [-0.05, 0) is 53.9 Å². The maximum atomic E-state index is 13.7. The molecule has 1 unspecified atom stereocenters. The average molecular weight is 594 g/mol. The van der Waals surface area contributed by atoms with Crippen molar-refractivity contribution in [1.82, 2.24) is 14.8 Å². The predicted octanol–water partition coefficient (Wildman–Crippen LogP) is 7.73. The Labute approximate surface area is 253 Å². The average Bonchev–Trinajstić information content (AvgIpc) is 3.42. The van der Waals surface area contributed by atoms with E-state index in [1.165, 1.54) is 11.8 Å². The molecular weight excluding hydrogens is 566 g/mol. The van der Waals surface area contributed by atoms with Crippen LogP contribution in [0, 0.1) is 0 Å². The first kappa shape index (κ1) is 27.6. The number of amides is 1. The van der Waals surface area contributed by atoms with Gasteiger partial charge in [0.15, 0.2) is 0 Å². The van der Waals surface area contributed by atoms with E-state index in [1.807, 2.05) is 116 Å². The van der Waals surface area contributed by atoms with E-state index in [9.17, 15) is 4.79 Å². The smallest absolute Gasteiger partial charge is 0.255 e. The molecule has 0 aliphatic carbocycles. The van der Waals surface area contributed by atoms with Gasteiger partial charge in [-0.3, -0.25) is 4.79 Å². The summed E-state index contributed by atoms with van der Waals surface area (Å²) in [5.74, 6) is 1.71. The maximum Gasteiger partial charge on any atom is 0.255 e. The van der Waals surface area contributed by atoms with Crippen molar-refractivity contribution in [2.45, 2.75) is 30.5 Å². The van der Waals surface area contributed by atoms with Gasteiger partial charge in [-0.15, -0.1) is 5.10 Å². The number of nitrogens with zero attached hydrogens (tertiary/aromatic N) is 3. The van der Waals surface area contributed by atoms with Crippen molar-refractivity contribution in [1.29, 1.82) is 0 Å². The molecule has 210 valence electrons. The number of nitrogens with one attached hydrogen (secondary N) is 2. The van der Waals surface area contributed by atoms with Crippen LogP contribution in [0.4, 0.5) is 11.6 Å². The largest absolute Gasteiger partial charge is 0.489 e. The summed E-state index contributed by atoms with van der Waals surface area (Å²) in [5.41, 5.74) is 4.95. The van der Waals surface area contributed by atoms with E-state index in [2.05, 4.69) is 10.6 Å². The second kappa shape index (κ2) is 12.5. The number of benzene rings is 4. The quantitative estimate of drug-likeness (QED) is 0.170. The van der Waals surface area contributed by atoms with E-state index in [-0.39, 0.29) is 5.91 Å². The van der Waals surface area contributed by atoms with Gasteiger partial charge >= 0.3 is 0 Å². The molecule has 4 aromatic carbocycles. The third kappa shape index (κ3) is 6.20. The predicted molar refractivity (Wildman–Crippen MR) is 168 cm³/mol. The van der Waals surface area contributed by atoms with Crippen molar-refractivity contribution >= 4 is 40.9 Å². The number of hydrogen-bond donors (Lipinski definition) is 2. The van der Waals surface area contributed by atoms with Crippen LogP contribution in [0.1, 0.15) is 29.7 Å². The molecule has 2 heterocycles. The fraction of sp³-hybridized carbons (Fsp3) is 0.121. The van der Waals surface area contributed by atoms with E-state index in [1.54, 1.807) is 4.68 Å². The number of ether oxygens (including phenoxy) is 1. The molecule has 9 heteroatoms. The highest BCUT2D eigenvalue weighted by Gasteiger charge is 2.34. The van der Waals surface area contributed by atoms with Crippen molar-refractivity contribution in [3.63, 3.8) is 0 Å². The summed E-state index contributed by atoms with van der Waals surface area (Å²) in [6, 6.07) is 34.5. The van der Waals surface area contributed by atoms with Crippen molar-refractivity contribution < 1.29 is 9.53 Å². The van der Waals surface area contributed by atoms with Gasteiger partial charge in [0.2, 0.25) is 11.1 Å². The second-order valence-corrected chi connectivity index (χ2v) is 11.1. The van der Waals surface area contributed by atoms with E-state index >= 15 is 0 Å². The topological polar surface area (TPSA) is 81.1 Å². The number of carbonyl (C=O) groups excluding carboxylic acids is 1. The molecule has 1 aliphatic heterocycles. The molecule has 0 radical (unpaired) electrons. The van der Waals surface area contributed by atoms with Gasteiger partial charge < -0.3 is 15.4 Å². The number of thioether (sulfide) groups is 1. The summed E-state index contributed by atoms with van der Waals surface area (Å²) < 4.78 is 7.79. The van der Waals surface area contributed by atoms with Gasteiger partial charge in [-0.25, -0.2) is 4.68 Å². The molecule has 1 amide bonds. The van der Waals surface area contributed by atoms with Gasteiger partial charge in [-0.1, -0.05) is 102 Å². The maximum absolute atomic E-state index is 13.7. The Morgan fingerprint density at radius 3 is 2.38 bits per heavy atom. The van der Waals surface area contributed by atoms with Gasteiger partial charge in [0.05, 0.1) is 5.57 Å². The summed E-state index contributed by atoms with van der Waals surface area (Å²) >= 11 is 7.86. The Kier molecular flexibility index (Phi) is 8.26. The van der Waals surface area contributed by atoms with E-state index < -0.39 is 6.04 Å². The minimum atomic E-state index is -0.504. The zero-order chi connectivity index (χ0) is 28.9. The van der Waals surface area contributed by atoms with Gasteiger partial charge in [0, 0.05) is 22.2 Å². The first-order chi connectivity index (χ1) is 20.5. The zero-order valence-corrected chi connectivity index (χ0v) is 24.4. The molecule has 0 fully saturated rings. The number of allylic oxidation sites excluding steroid dienone is 1. The lowest BCUT2D eigenvalue weighted by Crippen LogP contribution is -2.31. The molecule has 2 N–H and O–H groups in total. The van der Waals surface area contributed by atoms with Gasteiger partial charge in [-0.2, -0.15) is 4.98 Å². The molecule has 0 spiro atoms.